The number of piperidine rings is 1. The van der Waals surface area contributed by atoms with Crippen LogP contribution in [0, 0.1) is 6.42 Å². The molecular weight excluding hydrogens is 564 g/mol. The molecule has 0 bridgehead atoms. The molecule has 4 aromatic rings. The molecule has 1 aliphatic rings. The molecule has 4 aromatic carbocycles. The first-order chi connectivity index (χ1) is 22.1. The van der Waals surface area contributed by atoms with Gasteiger partial charge in [0.25, 0.3) is 0 Å². The van der Waals surface area contributed by atoms with Crippen LogP contribution >= 0.6 is 0 Å². The molecule has 8 nitrogen and oxygen atoms in total. The van der Waals surface area contributed by atoms with Gasteiger partial charge in [-0.3, -0.25) is 4.79 Å². The van der Waals surface area contributed by atoms with Gasteiger partial charge in [0.2, 0.25) is 0 Å². The van der Waals surface area contributed by atoms with Crippen molar-refractivity contribution >= 4 is 17.6 Å². The molecule has 1 heterocycles. The number of anilines is 1. The van der Waals surface area contributed by atoms with E-state index in [1.54, 1.807) is 17.1 Å². The van der Waals surface area contributed by atoms with E-state index in [0.29, 0.717) is 18.7 Å². The Morgan fingerprint density at radius 2 is 1.47 bits per heavy atom. The highest BCUT2D eigenvalue weighted by Crippen LogP contribution is 2.33. The lowest BCUT2D eigenvalue weighted by Crippen LogP contribution is -2.50. The summed E-state index contributed by atoms with van der Waals surface area (Å²) in [4.78, 5) is 26.2. The lowest BCUT2D eigenvalue weighted by molar-refractivity contribution is 0.0986. The second-order valence-electron chi connectivity index (χ2n) is 11.0. The monoisotopic (exact) mass is 605 g/mol. The summed E-state index contributed by atoms with van der Waals surface area (Å²) in [6, 6.07) is 32.8. The van der Waals surface area contributed by atoms with Crippen LogP contribution in [0.5, 0.6) is 5.75 Å². The third-order valence-corrected chi connectivity index (χ3v) is 7.78. The fourth-order valence-corrected chi connectivity index (χ4v) is 5.34. The molecule has 233 valence electrons. The van der Waals surface area contributed by atoms with Gasteiger partial charge in [-0.25, -0.2) is 14.8 Å². The number of phenolic OH excluding ortho intramolecular Hbond substituents is 1. The van der Waals surface area contributed by atoms with Crippen LogP contribution in [0.25, 0.3) is 11.1 Å². The summed E-state index contributed by atoms with van der Waals surface area (Å²) in [6.07, 6.45) is 4.49. The summed E-state index contributed by atoms with van der Waals surface area (Å²) in [5.74, 6) is 0.256. The minimum absolute atomic E-state index is 0.0175. The average molecular weight is 606 g/mol. The molecule has 1 fully saturated rings. The predicted molar refractivity (Wildman–Crippen MR) is 178 cm³/mol. The first-order valence-electron chi connectivity index (χ1n) is 15.6. The zero-order chi connectivity index (χ0) is 31.3. The van der Waals surface area contributed by atoms with E-state index in [1.165, 1.54) is 0 Å². The highest BCUT2D eigenvalue weighted by atomic mass is 16.6. The van der Waals surface area contributed by atoms with E-state index in [-0.39, 0.29) is 24.7 Å². The lowest BCUT2D eigenvalue weighted by Gasteiger charge is -2.37. The number of hydrazine groups is 1. The molecule has 3 N–H and O–H groups in total. The van der Waals surface area contributed by atoms with Crippen LogP contribution in [-0.4, -0.2) is 61.3 Å². The van der Waals surface area contributed by atoms with E-state index in [0.717, 1.165) is 66.8 Å². The predicted octanol–water partition coefficient (Wildman–Crippen LogP) is 6.02. The summed E-state index contributed by atoms with van der Waals surface area (Å²) >= 11 is 0. The molecular formula is C37H41N4O4. The van der Waals surface area contributed by atoms with E-state index < -0.39 is 6.09 Å². The third kappa shape index (κ3) is 9.25. The van der Waals surface area contributed by atoms with Crippen molar-refractivity contribution in [1.29, 1.82) is 0 Å². The van der Waals surface area contributed by atoms with Crippen molar-refractivity contribution in [3.05, 3.63) is 126 Å². The van der Waals surface area contributed by atoms with Crippen molar-refractivity contribution in [2.45, 2.75) is 25.8 Å². The van der Waals surface area contributed by atoms with E-state index in [4.69, 9.17) is 4.74 Å². The minimum Gasteiger partial charge on any atom is -0.508 e. The Morgan fingerprint density at radius 3 is 2.22 bits per heavy atom. The van der Waals surface area contributed by atoms with Gasteiger partial charge in [0.15, 0.2) is 5.78 Å². The lowest BCUT2D eigenvalue weighted by atomic mass is 10.0. The summed E-state index contributed by atoms with van der Waals surface area (Å²) < 4.78 is 5.73. The van der Waals surface area contributed by atoms with Crippen LogP contribution in [0.15, 0.2) is 103 Å². The Hall–Kier alpha value is -4.50. The summed E-state index contributed by atoms with van der Waals surface area (Å²) in [5, 5.41) is 19.7. The molecule has 0 spiro atoms. The number of nitrogens with one attached hydrogen (secondary N) is 2. The Kier molecular flexibility index (Phi) is 11.7. The van der Waals surface area contributed by atoms with Crippen molar-refractivity contribution in [2.75, 3.05) is 44.3 Å². The molecule has 0 saturated carbocycles. The van der Waals surface area contributed by atoms with E-state index >= 15 is 0 Å². The second kappa shape index (κ2) is 16.5. The number of hydrogen-bond acceptors (Lipinski definition) is 7. The molecule has 1 aliphatic heterocycles. The van der Waals surface area contributed by atoms with Gasteiger partial charge in [0.05, 0.1) is 12.2 Å². The van der Waals surface area contributed by atoms with Crippen LogP contribution in [0.4, 0.5) is 10.5 Å². The first-order valence-corrected chi connectivity index (χ1v) is 15.6. The topological polar surface area (TPSA) is 94.1 Å². The van der Waals surface area contributed by atoms with Gasteiger partial charge in [0.1, 0.15) is 12.4 Å². The number of nitrogens with zero attached hydrogens (tertiary/aromatic N) is 2. The largest absolute Gasteiger partial charge is 0.508 e. The van der Waals surface area contributed by atoms with Gasteiger partial charge in [-0.2, -0.15) is 0 Å². The van der Waals surface area contributed by atoms with E-state index in [1.807, 2.05) is 91.0 Å². The van der Waals surface area contributed by atoms with Crippen molar-refractivity contribution < 1.29 is 19.4 Å². The molecule has 0 atom stereocenters. The zero-order valence-corrected chi connectivity index (χ0v) is 25.5. The van der Waals surface area contributed by atoms with Crippen LogP contribution in [0.2, 0.25) is 0 Å². The SMILES string of the molecule is O=C(CNCCOC(=O)N(c1ccccc1-c1ccccc1)N1CC[CH]CC1)c1ccc(CNCCc2ccc(O)cc2)cc1. The van der Waals surface area contributed by atoms with Gasteiger partial charge in [-0.15, -0.1) is 0 Å². The Morgan fingerprint density at radius 1 is 0.778 bits per heavy atom. The molecule has 1 radical (unpaired) electrons. The normalized spacial score (nSPS) is 13.3. The third-order valence-electron chi connectivity index (χ3n) is 7.78. The van der Waals surface area contributed by atoms with Crippen molar-refractivity contribution in [2.24, 2.45) is 0 Å². The number of carbonyl (C=O) groups is 2. The maximum Gasteiger partial charge on any atom is 0.429 e. The van der Waals surface area contributed by atoms with Crippen LogP contribution in [0.3, 0.4) is 0 Å². The standard InChI is InChI=1S/C37H41N4O4/c42-33-19-15-29(16-20-33)21-22-38-27-30-13-17-32(18-14-30)36(43)28-39-23-26-45-37(44)41(40-24-7-2-8-25-40)35-12-6-5-11-34(35)31-9-3-1-4-10-31/h1-6,9-20,38-39,42H,7-8,21-28H2. The summed E-state index contributed by atoms with van der Waals surface area (Å²) in [5.41, 5.74) is 5.68. The van der Waals surface area contributed by atoms with Gasteiger partial charge in [0, 0.05) is 37.3 Å². The van der Waals surface area contributed by atoms with Crippen molar-refractivity contribution in [1.82, 2.24) is 15.6 Å². The molecule has 8 heteroatoms. The smallest absolute Gasteiger partial charge is 0.429 e. The Bertz CT molecular complexity index is 1500. The number of rotatable bonds is 14. The molecule has 1 amide bonds. The van der Waals surface area contributed by atoms with E-state index in [2.05, 4.69) is 22.1 Å². The number of benzene rings is 4. The summed E-state index contributed by atoms with van der Waals surface area (Å²) in [7, 11) is 0. The molecule has 45 heavy (non-hydrogen) atoms. The number of aromatic hydroxyl groups is 1. The number of hydrogen-bond donors (Lipinski definition) is 3. The van der Waals surface area contributed by atoms with Gasteiger partial charge in [-0.05, 0) is 67.1 Å². The highest BCUT2D eigenvalue weighted by molar-refractivity contribution is 5.97. The van der Waals surface area contributed by atoms with Crippen molar-refractivity contribution in [3.63, 3.8) is 0 Å². The number of phenols is 1. The van der Waals surface area contributed by atoms with Crippen molar-refractivity contribution in [3.8, 4) is 16.9 Å². The molecule has 5 rings (SSSR count). The maximum atomic E-state index is 13.5. The van der Waals surface area contributed by atoms with E-state index in [9.17, 15) is 14.7 Å². The summed E-state index contributed by atoms with van der Waals surface area (Å²) in [6.45, 7) is 3.66. The van der Waals surface area contributed by atoms with Crippen LogP contribution in [0.1, 0.15) is 34.3 Å². The average Bonchev–Trinajstić information content (AvgIpc) is 3.09. The maximum absolute atomic E-state index is 13.5. The molecule has 0 aliphatic carbocycles. The minimum atomic E-state index is -0.430. The van der Waals surface area contributed by atoms with Gasteiger partial charge >= 0.3 is 6.09 Å². The Labute approximate surface area is 265 Å². The number of para-hydroxylation sites is 1. The second-order valence-corrected chi connectivity index (χ2v) is 11.0. The van der Waals surface area contributed by atoms with Crippen LogP contribution < -0.4 is 15.6 Å². The fourth-order valence-electron chi connectivity index (χ4n) is 5.34. The Balaban J connectivity index is 1.08. The molecule has 0 aromatic heterocycles. The number of carbonyl (C=O) groups excluding carboxylic acids is 2. The highest BCUT2D eigenvalue weighted by Gasteiger charge is 2.28. The molecule has 1 saturated heterocycles. The number of Topliss-reactive ketones (excluding diaryl/α,β-unsaturated/α-hetero) is 1. The van der Waals surface area contributed by atoms with Gasteiger partial charge in [-0.1, -0.05) is 84.9 Å². The first kappa shape index (κ1) is 31.9. The number of ether oxygens (including phenoxy) is 1. The quantitative estimate of drug-likeness (QED) is 0.120. The fraction of sp³-hybridized carbons (Fsp3) is 0.270. The van der Waals surface area contributed by atoms with Gasteiger partial charge < -0.3 is 20.5 Å². The number of ketones is 1. The zero-order valence-electron chi connectivity index (χ0n) is 25.5. The molecule has 0 unspecified atom stereocenters. The number of amides is 1. The van der Waals surface area contributed by atoms with Crippen LogP contribution in [-0.2, 0) is 17.7 Å².